The van der Waals surface area contributed by atoms with Gasteiger partial charge in [-0.15, -0.1) is 13.2 Å². The molecule has 6 atom stereocenters. The van der Waals surface area contributed by atoms with Gasteiger partial charge in [-0.2, -0.15) is 0 Å². The van der Waals surface area contributed by atoms with Crippen molar-refractivity contribution in [2.24, 2.45) is 34.5 Å². The predicted octanol–water partition coefficient (Wildman–Crippen LogP) is 8.23. The maximum absolute atomic E-state index is 11.9. The van der Waals surface area contributed by atoms with Crippen molar-refractivity contribution >= 4 is 11.5 Å². The molecular formula is C33H63N3O. The number of rotatable bonds is 5. The van der Waals surface area contributed by atoms with Crippen molar-refractivity contribution in [1.82, 2.24) is 10.6 Å². The van der Waals surface area contributed by atoms with Gasteiger partial charge in [-0.05, 0) is 101 Å². The summed E-state index contributed by atoms with van der Waals surface area (Å²) in [6, 6.07) is 0. The number of allylic oxidation sites excluding steroid dienone is 1. The summed E-state index contributed by atoms with van der Waals surface area (Å²) in [7, 11) is 3.88. The second-order valence-corrected chi connectivity index (χ2v) is 11.5. The van der Waals surface area contributed by atoms with Crippen molar-refractivity contribution in [2.75, 3.05) is 27.2 Å². The molecule has 0 saturated heterocycles. The monoisotopic (exact) mass is 517 g/mol. The molecule has 216 valence electrons. The van der Waals surface area contributed by atoms with Crippen LogP contribution in [0.4, 0.5) is 0 Å². The van der Waals surface area contributed by atoms with Crippen LogP contribution < -0.4 is 10.6 Å². The molecule has 4 aliphatic rings. The van der Waals surface area contributed by atoms with Crippen LogP contribution in [-0.4, -0.2) is 38.7 Å². The molecule has 4 heteroatoms. The fraction of sp³-hybridized carbons (Fsp3) is 0.818. The molecule has 37 heavy (non-hydrogen) atoms. The number of hydrogen-bond acceptors (Lipinski definition) is 4. The highest BCUT2D eigenvalue weighted by Crippen LogP contribution is 2.66. The molecule has 3 N–H and O–H groups in total. The normalized spacial score (nSPS) is 33.0. The van der Waals surface area contributed by atoms with Gasteiger partial charge >= 0.3 is 0 Å². The zero-order valence-corrected chi connectivity index (χ0v) is 26.2. The Bertz CT molecular complexity index is 696. The first kappa shape index (κ1) is 35.7. The van der Waals surface area contributed by atoms with Crippen molar-refractivity contribution < 1.29 is 4.79 Å². The van der Waals surface area contributed by atoms with Crippen LogP contribution in [0.1, 0.15) is 113 Å². The zero-order valence-electron chi connectivity index (χ0n) is 26.2. The highest BCUT2D eigenvalue weighted by atomic mass is 16.1. The molecule has 0 amide bonds. The van der Waals surface area contributed by atoms with Gasteiger partial charge in [-0.3, -0.25) is 4.79 Å². The molecule has 4 nitrogen and oxygen atoms in total. The summed E-state index contributed by atoms with van der Waals surface area (Å²) in [4.78, 5) is 11.9. The first-order valence-corrected chi connectivity index (χ1v) is 15.3. The van der Waals surface area contributed by atoms with Crippen LogP contribution >= 0.6 is 0 Å². The number of fused-ring (bicyclic) bond motifs is 5. The third-order valence-electron chi connectivity index (χ3n) is 9.61. The number of likely N-dealkylation sites (N-methyl/N-ethyl adjacent to an activating group) is 2. The van der Waals surface area contributed by atoms with Gasteiger partial charge in [0, 0.05) is 31.1 Å². The van der Waals surface area contributed by atoms with Crippen LogP contribution in [0.15, 0.2) is 24.8 Å². The second kappa shape index (κ2) is 18.1. The van der Waals surface area contributed by atoms with Crippen LogP contribution in [0.25, 0.3) is 0 Å². The van der Waals surface area contributed by atoms with Crippen molar-refractivity contribution in [1.29, 1.82) is 5.41 Å². The largest absolute Gasteiger partial charge is 0.318 e. The summed E-state index contributed by atoms with van der Waals surface area (Å²) in [6.07, 6.45) is 14.1. The van der Waals surface area contributed by atoms with Gasteiger partial charge in [-0.1, -0.05) is 60.0 Å². The summed E-state index contributed by atoms with van der Waals surface area (Å²) in [5.41, 5.74) is 3.04. The van der Waals surface area contributed by atoms with Gasteiger partial charge in [0.25, 0.3) is 0 Å². The molecule has 4 aliphatic carbocycles. The van der Waals surface area contributed by atoms with E-state index >= 15 is 0 Å². The average molecular weight is 518 g/mol. The van der Waals surface area contributed by atoms with Crippen LogP contribution in [0.2, 0.25) is 0 Å². The first-order valence-electron chi connectivity index (χ1n) is 15.3. The molecule has 3 fully saturated rings. The van der Waals surface area contributed by atoms with E-state index in [1.807, 2.05) is 40.9 Å². The third kappa shape index (κ3) is 8.88. The Balaban J connectivity index is 0.000000780. The summed E-state index contributed by atoms with van der Waals surface area (Å²) in [5, 5.41) is 14.2. The number of hydrogen-bond donors (Lipinski definition) is 3. The fourth-order valence-electron chi connectivity index (χ4n) is 7.52. The van der Waals surface area contributed by atoms with Crippen LogP contribution in [-0.2, 0) is 4.79 Å². The van der Waals surface area contributed by atoms with E-state index in [1.165, 1.54) is 50.5 Å². The molecule has 0 aliphatic heterocycles. The fourth-order valence-corrected chi connectivity index (χ4v) is 7.52. The van der Waals surface area contributed by atoms with Gasteiger partial charge < -0.3 is 16.0 Å². The lowest BCUT2D eigenvalue weighted by molar-refractivity contribution is -0.117. The SMILES string of the molecule is C=C.CC.CC(=N)C1CCC2C3CCC4=CC(=O)CCC4(C)C3CCC12C.CCCC.CNCCNC. The molecule has 3 saturated carbocycles. The zero-order chi connectivity index (χ0) is 28.6. The number of unbranched alkanes of at least 4 members (excludes halogenated alkanes) is 1. The van der Waals surface area contributed by atoms with Crippen molar-refractivity contribution in [3.05, 3.63) is 24.8 Å². The smallest absolute Gasteiger partial charge is 0.155 e. The summed E-state index contributed by atoms with van der Waals surface area (Å²) in [5.74, 6) is 3.29. The number of carbonyl (C=O) groups is 1. The molecule has 0 heterocycles. The summed E-state index contributed by atoms with van der Waals surface area (Å²) in [6.45, 7) is 23.4. The minimum Gasteiger partial charge on any atom is -0.318 e. The second-order valence-electron chi connectivity index (χ2n) is 11.5. The average Bonchev–Trinajstić information content (AvgIpc) is 3.28. The van der Waals surface area contributed by atoms with Gasteiger partial charge in [0.2, 0.25) is 0 Å². The van der Waals surface area contributed by atoms with E-state index in [2.05, 4.69) is 51.5 Å². The van der Waals surface area contributed by atoms with Crippen molar-refractivity contribution in [3.63, 3.8) is 0 Å². The molecule has 0 bridgehead atoms. The Labute approximate surface area is 231 Å². The number of nitrogens with one attached hydrogen (secondary N) is 3. The quantitative estimate of drug-likeness (QED) is 0.195. The third-order valence-corrected chi connectivity index (χ3v) is 9.61. The van der Waals surface area contributed by atoms with E-state index in [0.29, 0.717) is 17.1 Å². The van der Waals surface area contributed by atoms with Gasteiger partial charge in [0.1, 0.15) is 0 Å². The molecule has 0 aromatic rings. The number of carbonyl (C=O) groups excluding carboxylic acids is 1. The highest BCUT2D eigenvalue weighted by molar-refractivity contribution is 5.91. The Morgan fingerprint density at radius 2 is 1.51 bits per heavy atom. The lowest BCUT2D eigenvalue weighted by Gasteiger charge is -2.58. The Hall–Kier alpha value is -1.26. The topological polar surface area (TPSA) is 65.0 Å². The Morgan fingerprint density at radius 1 is 0.946 bits per heavy atom. The van der Waals surface area contributed by atoms with Crippen LogP contribution in [0.3, 0.4) is 0 Å². The molecule has 0 radical (unpaired) electrons. The van der Waals surface area contributed by atoms with Crippen LogP contribution in [0, 0.1) is 39.9 Å². The standard InChI is InChI=1S/C21H31NO.C4H12N2.C4H10.C2H6.C2H4/c1-13(22)17-6-7-18-16-5-4-14-12-15(23)8-10-20(14,2)19(16)9-11-21(17,18)3;1-5-3-4-6-2;1-3-4-2;2*1-2/h12,16-19,22H,4-11H2,1-3H3;5-6H,3-4H2,1-2H3;3-4H2,1-2H3;1-2H3;1-2H2. The molecule has 0 spiro atoms. The Morgan fingerprint density at radius 3 is 2.00 bits per heavy atom. The number of ketones is 1. The Kier molecular flexibility index (Phi) is 17.5. The molecule has 4 rings (SSSR count). The van der Waals surface area contributed by atoms with E-state index in [0.717, 1.165) is 55.8 Å². The van der Waals surface area contributed by atoms with Crippen LogP contribution in [0.5, 0.6) is 0 Å². The minimum atomic E-state index is 0.288. The summed E-state index contributed by atoms with van der Waals surface area (Å²) < 4.78 is 0. The predicted molar refractivity (Wildman–Crippen MR) is 165 cm³/mol. The lowest BCUT2D eigenvalue weighted by Crippen LogP contribution is -2.51. The van der Waals surface area contributed by atoms with E-state index in [4.69, 9.17) is 5.41 Å². The summed E-state index contributed by atoms with van der Waals surface area (Å²) >= 11 is 0. The van der Waals surface area contributed by atoms with Gasteiger partial charge in [-0.25, -0.2) is 0 Å². The molecule has 0 aromatic heterocycles. The lowest BCUT2D eigenvalue weighted by atomic mass is 9.46. The van der Waals surface area contributed by atoms with E-state index in [9.17, 15) is 4.79 Å². The molecule has 0 aromatic carbocycles. The van der Waals surface area contributed by atoms with Gasteiger partial charge in [0.05, 0.1) is 0 Å². The van der Waals surface area contributed by atoms with E-state index in [-0.39, 0.29) is 5.41 Å². The first-order chi connectivity index (χ1) is 17.7. The van der Waals surface area contributed by atoms with Crippen molar-refractivity contribution in [2.45, 2.75) is 113 Å². The molecular weight excluding hydrogens is 454 g/mol. The minimum absolute atomic E-state index is 0.288. The maximum Gasteiger partial charge on any atom is 0.155 e. The molecule has 6 unspecified atom stereocenters. The van der Waals surface area contributed by atoms with Gasteiger partial charge in [0.15, 0.2) is 5.78 Å². The van der Waals surface area contributed by atoms with E-state index in [1.54, 1.807) is 0 Å². The maximum atomic E-state index is 11.9. The van der Waals surface area contributed by atoms with E-state index < -0.39 is 0 Å². The van der Waals surface area contributed by atoms with Crippen molar-refractivity contribution in [3.8, 4) is 0 Å². The highest BCUT2D eigenvalue weighted by Gasteiger charge is 2.59.